The number of nitrogens with one attached hydrogen (secondary N) is 1. The molecule has 0 saturated carbocycles. The summed E-state index contributed by atoms with van der Waals surface area (Å²) in [4.78, 5) is 8.28. The van der Waals surface area contributed by atoms with Crippen LogP contribution in [-0.4, -0.2) is 16.5 Å². The average molecular weight is 180 g/mol. The minimum absolute atomic E-state index is 0.580. The van der Waals surface area contributed by atoms with Crippen LogP contribution in [0.1, 0.15) is 25.8 Å². The lowest BCUT2D eigenvalue weighted by Gasteiger charge is -2.05. The molecule has 0 unspecified atom stereocenters. The highest BCUT2D eigenvalue weighted by atomic mass is 15.1. The van der Waals surface area contributed by atoms with E-state index in [4.69, 9.17) is 5.73 Å². The molecule has 0 spiro atoms. The lowest BCUT2D eigenvalue weighted by Crippen LogP contribution is -2.07. The van der Waals surface area contributed by atoms with E-state index >= 15 is 0 Å². The number of aromatic nitrogens is 2. The summed E-state index contributed by atoms with van der Waals surface area (Å²) in [5.41, 5.74) is 6.71. The molecule has 1 aromatic rings. The number of hydrogen-bond donors (Lipinski definition) is 2. The molecule has 0 saturated heterocycles. The number of nitrogens with zero attached hydrogens (tertiary/aromatic N) is 2. The molecule has 0 aliphatic carbocycles. The van der Waals surface area contributed by atoms with Gasteiger partial charge in [-0.25, -0.2) is 4.98 Å². The molecular formula is C9H16N4. The van der Waals surface area contributed by atoms with Gasteiger partial charge in [0.2, 0.25) is 5.95 Å². The third kappa shape index (κ3) is 2.57. The van der Waals surface area contributed by atoms with Crippen molar-refractivity contribution in [2.45, 2.75) is 26.7 Å². The molecule has 0 aliphatic rings. The van der Waals surface area contributed by atoms with Gasteiger partial charge in [-0.15, -0.1) is 0 Å². The zero-order valence-electron chi connectivity index (χ0n) is 8.17. The number of nitrogen functional groups attached to an aromatic ring is 1. The minimum atomic E-state index is 0.580. The maximum atomic E-state index is 5.71. The zero-order chi connectivity index (χ0) is 9.68. The summed E-state index contributed by atoms with van der Waals surface area (Å²) in [6.45, 7) is 5.01. The molecule has 72 valence electrons. The van der Waals surface area contributed by atoms with E-state index < -0.39 is 0 Å². The normalized spacial score (nSPS) is 10.0. The Morgan fingerprint density at radius 1 is 1.46 bits per heavy atom. The lowest BCUT2D eigenvalue weighted by molar-refractivity contribution is 0.946. The zero-order valence-corrected chi connectivity index (χ0v) is 8.17. The molecule has 0 radical (unpaired) electrons. The van der Waals surface area contributed by atoms with Crippen molar-refractivity contribution >= 4 is 11.8 Å². The van der Waals surface area contributed by atoms with Gasteiger partial charge in [0, 0.05) is 18.3 Å². The monoisotopic (exact) mass is 180 g/mol. The van der Waals surface area contributed by atoms with Crippen LogP contribution in [0.25, 0.3) is 0 Å². The molecule has 1 heterocycles. The summed E-state index contributed by atoms with van der Waals surface area (Å²) < 4.78 is 0. The molecule has 1 rings (SSSR count). The molecule has 0 amide bonds. The molecule has 1 aromatic heterocycles. The average Bonchev–Trinajstić information content (AvgIpc) is 2.15. The second-order valence-electron chi connectivity index (χ2n) is 2.88. The maximum Gasteiger partial charge on any atom is 0.224 e. The van der Waals surface area contributed by atoms with Gasteiger partial charge in [-0.2, -0.15) is 4.98 Å². The lowest BCUT2D eigenvalue weighted by atomic mass is 10.2. The third-order valence-corrected chi connectivity index (χ3v) is 1.81. The smallest absolute Gasteiger partial charge is 0.224 e. The van der Waals surface area contributed by atoms with Crippen LogP contribution in [0.3, 0.4) is 0 Å². The van der Waals surface area contributed by atoms with E-state index in [0.29, 0.717) is 11.8 Å². The fraction of sp³-hybridized carbons (Fsp3) is 0.556. The van der Waals surface area contributed by atoms with Crippen molar-refractivity contribution < 1.29 is 0 Å². The van der Waals surface area contributed by atoms with Crippen LogP contribution in [0.5, 0.6) is 0 Å². The highest BCUT2D eigenvalue weighted by Gasteiger charge is 2.00. The van der Waals surface area contributed by atoms with Crippen LogP contribution in [0, 0.1) is 0 Å². The highest BCUT2D eigenvalue weighted by Crippen LogP contribution is 2.09. The number of hydrogen-bond acceptors (Lipinski definition) is 4. The molecule has 0 aliphatic heterocycles. The third-order valence-electron chi connectivity index (χ3n) is 1.81. The molecular weight excluding hydrogens is 164 g/mol. The fourth-order valence-electron chi connectivity index (χ4n) is 1.01. The van der Waals surface area contributed by atoms with Crippen molar-refractivity contribution in [2.24, 2.45) is 0 Å². The van der Waals surface area contributed by atoms with E-state index in [2.05, 4.69) is 22.2 Å². The Labute approximate surface area is 78.6 Å². The van der Waals surface area contributed by atoms with Crippen LogP contribution in [0.15, 0.2) is 6.20 Å². The minimum Gasteiger partial charge on any atom is -0.383 e. The van der Waals surface area contributed by atoms with E-state index in [1.54, 1.807) is 6.20 Å². The van der Waals surface area contributed by atoms with Crippen molar-refractivity contribution in [2.75, 3.05) is 17.6 Å². The number of anilines is 2. The van der Waals surface area contributed by atoms with Crippen LogP contribution >= 0.6 is 0 Å². The summed E-state index contributed by atoms with van der Waals surface area (Å²) in [5.74, 6) is 1.20. The van der Waals surface area contributed by atoms with E-state index in [-0.39, 0.29) is 0 Å². The second-order valence-corrected chi connectivity index (χ2v) is 2.88. The van der Waals surface area contributed by atoms with Gasteiger partial charge >= 0.3 is 0 Å². The quantitative estimate of drug-likeness (QED) is 0.736. The van der Waals surface area contributed by atoms with E-state index in [9.17, 15) is 0 Å². The second kappa shape index (κ2) is 4.64. The van der Waals surface area contributed by atoms with Crippen molar-refractivity contribution in [3.05, 3.63) is 11.8 Å². The maximum absolute atomic E-state index is 5.71. The molecule has 4 heteroatoms. The summed E-state index contributed by atoms with van der Waals surface area (Å²) in [7, 11) is 0. The Hall–Kier alpha value is -1.32. The summed E-state index contributed by atoms with van der Waals surface area (Å²) in [6, 6.07) is 0. The van der Waals surface area contributed by atoms with Gasteiger partial charge in [0.15, 0.2) is 0 Å². The summed E-state index contributed by atoms with van der Waals surface area (Å²) in [6.07, 6.45) is 3.71. The van der Waals surface area contributed by atoms with Gasteiger partial charge in [-0.1, -0.05) is 13.8 Å². The highest BCUT2D eigenvalue weighted by molar-refractivity contribution is 5.42. The van der Waals surface area contributed by atoms with Gasteiger partial charge in [-0.3, -0.25) is 0 Å². The number of aryl methyl sites for hydroxylation is 1. The Morgan fingerprint density at radius 3 is 2.77 bits per heavy atom. The Balaban J connectivity index is 2.71. The molecule has 4 nitrogen and oxygen atoms in total. The van der Waals surface area contributed by atoms with Gasteiger partial charge in [0.25, 0.3) is 0 Å². The van der Waals surface area contributed by atoms with Gasteiger partial charge < -0.3 is 11.1 Å². The Kier molecular flexibility index (Phi) is 3.49. The summed E-state index contributed by atoms with van der Waals surface area (Å²) in [5, 5.41) is 3.08. The van der Waals surface area contributed by atoms with Crippen molar-refractivity contribution in [3.63, 3.8) is 0 Å². The van der Waals surface area contributed by atoms with E-state index in [1.165, 1.54) is 0 Å². The van der Waals surface area contributed by atoms with Crippen molar-refractivity contribution in [3.8, 4) is 0 Å². The van der Waals surface area contributed by atoms with E-state index in [0.717, 1.165) is 24.9 Å². The molecule has 0 fully saturated rings. The SMILES string of the molecule is CCCNc1ncc(CC)c(N)n1. The summed E-state index contributed by atoms with van der Waals surface area (Å²) >= 11 is 0. The molecule has 0 aromatic carbocycles. The van der Waals surface area contributed by atoms with Gasteiger partial charge in [0.05, 0.1) is 0 Å². The van der Waals surface area contributed by atoms with Crippen LogP contribution in [0.4, 0.5) is 11.8 Å². The molecule has 0 bridgehead atoms. The Morgan fingerprint density at radius 2 is 2.23 bits per heavy atom. The van der Waals surface area contributed by atoms with Crippen molar-refractivity contribution in [1.29, 1.82) is 0 Å². The van der Waals surface area contributed by atoms with Gasteiger partial charge in [0.1, 0.15) is 5.82 Å². The fourth-order valence-corrected chi connectivity index (χ4v) is 1.01. The topological polar surface area (TPSA) is 63.8 Å². The Bertz CT molecular complexity index is 272. The first-order chi connectivity index (χ1) is 6.27. The molecule has 0 atom stereocenters. The first-order valence-electron chi connectivity index (χ1n) is 4.63. The predicted octanol–water partition coefficient (Wildman–Crippen LogP) is 1.44. The number of rotatable bonds is 4. The predicted molar refractivity (Wildman–Crippen MR) is 54.6 cm³/mol. The van der Waals surface area contributed by atoms with E-state index in [1.807, 2.05) is 6.92 Å². The largest absolute Gasteiger partial charge is 0.383 e. The molecule has 3 N–H and O–H groups in total. The van der Waals surface area contributed by atoms with Gasteiger partial charge in [-0.05, 0) is 12.8 Å². The van der Waals surface area contributed by atoms with Crippen molar-refractivity contribution in [1.82, 2.24) is 9.97 Å². The first-order valence-corrected chi connectivity index (χ1v) is 4.63. The van der Waals surface area contributed by atoms with Crippen LogP contribution in [0.2, 0.25) is 0 Å². The van der Waals surface area contributed by atoms with Crippen LogP contribution in [-0.2, 0) is 6.42 Å². The first kappa shape index (κ1) is 9.77. The standard InChI is InChI=1S/C9H16N4/c1-3-5-11-9-12-6-7(4-2)8(10)13-9/h6H,3-5H2,1-2H3,(H3,10,11,12,13). The van der Waals surface area contributed by atoms with Crippen LogP contribution < -0.4 is 11.1 Å². The number of nitrogens with two attached hydrogens (primary N) is 1. The molecule has 13 heavy (non-hydrogen) atoms.